The maximum Gasteiger partial charge on any atom is 0.220 e. The molecule has 1 N–H and O–H groups in total. The molecule has 1 aromatic heterocycles. The number of hydrogen-bond donors (Lipinski definition) is 1. The lowest BCUT2D eigenvalue weighted by Gasteiger charge is -2.28. The molecule has 0 aliphatic rings. The topological polar surface area (TPSA) is 54.7 Å². The predicted octanol–water partition coefficient (Wildman–Crippen LogP) is 3.97. The molecule has 0 fully saturated rings. The van der Waals surface area contributed by atoms with Gasteiger partial charge in [0.05, 0.1) is 19.4 Å². The van der Waals surface area contributed by atoms with Gasteiger partial charge in [0.2, 0.25) is 5.91 Å². The summed E-state index contributed by atoms with van der Waals surface area (Å²) in [6, 6.07) is 11.8. The van der Waals surface area contributed by atoms with E-state index < -0.39 is 0 Å². The molecule has 1 amide bonds. The van der Waals surface area contributed by atoms with E-state index in [1.807, 2.05) is 36.4 Å². The van der Waals surface area contributed by atoms with Crippen LogP contribution in [0.3, 0.4) is 0 Å². The molecule has 1 atom stereocenters. The number of hydrogen-bond acceptors (Lipinski definition) is 5. The molecule has 1 unspecified atom stereocenters. The summed E-state index contributed by atoms with van der Waals surface area (Å²) in [6.45, 7) is 6.61. The van der Waals surface area contributed by atoms with Crippen LogP contribution < -0.4 is 10.1 Å². The highest BCUT2D eigenvalue weighted by Gasteiger charge is 2.21. The summed E-state index contributed by atoms with van der Waals surface area (Å²) in [4.78, 5) is 15.6. The van der Waals surface area contributed by atoms with Gasteiger partial charge >= 0.3 is 0 Å². The van der Waals surface area contributed by atoms with Crippen LogP contribution in [0.5, 0.6) is 5.75 Å². The summed E-state index contributed by atoms with van der Waals surface area (Å²) in [6.07, 6.45) is 2.17. The Morgan fingerprint density at radius 2 is 1.96 bits per heavy atom. The van der Waals surface area contributed by atoms with E-state index in [-0.39, 0.29) is 11.9 Å². The maximum atomic E-state index is 12.2. The zero-order valence-electron chi connectivity index (χ0n) is 15.7. The fourth-order valence-corrected chi connectivity index (χ4v) is 3.64. The van der Waals surface area contributed by atoms with Crippen molar-refractivity contribution in [3.63, 3.8) is 0 Å². The first-order valence-corrected chi connectivity index (χ1v) is 9.97. The number of carbonyl (C=O) groups is 1. The molecule has 1 aromatic carbocycles. The molecule has 26 heavy (non-hydrogen) atoms. The molecule has 0 spiro atoms. The number of furan rings is 1. The molecule has 2 rings (SSSR count). The van der Waals surface area contributed by atoms with E-state index in [2.05, 4.69) is 24.1 Å². The fraction of sp³-hybridized carbons (Fsp3) is 0.450. The van der Waals surface area contributed by atoms with Gasteiger partial charge in [0.1, 0.15) is 11.5 Å². The van der Waals surface area contributed by atoms with Crippen LogP contribution in [0.25, 0.3) is 0 Å². The minimum atomic E-state index is 0.0646. The third kappa shape index (κ3) is 6.11. The quantitative estimate of drug-likeness (QED) is 0.602. The number of thioether (sulfide) groups is 1. The molecule has 6 heteroatoms. The number of ether oxygens (including phenoxy) is 1. The first-order chi connectivity index (χ1) is 12.7. The van der Waals surface area contributed by atoms with Gasteiger partial charge in [-0.2, -0.15) is 0 Å². The van der Waals surface area contributed by atoms with Crippen LogP contribution in [0.1, 0.15) is 32.1 Å². The smallest absolute Gasteiger partial charge is 0.220 e. The summed E-state index contributed by atoms with van der Waals surface area (Å²) < 4.78 is 10.7. The summed E-state index contributed by atoms with van der Waals surface area (Å²) in [5.41, 5.74) is 0. The Morgan fingerprint density at radius 1 is 1.23 bits per heavy atom. The minimum Gasteiger partial charge on any atom is -0.497 e. The Hall–Kier alpha value is -1.92. The summed E-state index contributed by atoms with van der Waals surface area (Å²) in [5, 5.41) is 3.05. The van der Waals surface area contributed by atoms with Gasteiger partial charge in [-0.25, -0.2) is 0 Å². The van der Waals surface area contributed by atoms with Gasteiger partial charge in [-0.1, -0.05) is 13.8 Å². The number of likely N-dealkylation sites (N-methyl/N-ethyl adjacent to an activating group) is 1. The van der Waals surface area contributed by atoms with Crippen molar-refractivity contribution in [2.24, 2.45) is 0 Å². The van der Waals surface area contributed by atoms with E-state index in [0.29, 0.717) is 13.0 Å². The van der Waals surface area contributed by atoms with Gasteiger partial charge in [-0.05, 0) is 49.5 Å². The van der Waals surface area contributed by atoms with Gasteiger partial charge in [0.15, 0.2) is 0 Å². The van der Waals surface area contributed by atoms with Crippen LogP contribution in [0, 0.1) is 0 Å². The van der Waals surface area contributed by atoms with Gasteiger partial charge < -0.3 is 14.5 Å². The van der Waals surface area contributed by atoms with Crippen LogP contribution >= 0.6 is 11.8 Å². The van der Waals surface area contributed by atoms with Crippen molar-refractivity contribution in [1.82, 2.24) is 10.2 Å². The molecule has 5 nitrogen and oxygen atoms in total. The third-order valence-corrected chi connectivity index (χ3v) is 5.29. The lowest BCUT2D eigenvalue weighted by molar-refractivity contribution is -0.120. The standard InChI is InChI=1S/C20H28N2O3S/c1-4-22(5-2)18(19-7-6-13-25-19)15-21-20(23)12-14-26-17-10-8-16(24-3)9-11-17/h6-11,13,18H,4-5,12,14-15H2,1-3H3,(H,21,23). The predicted molar refractivity (Wildman–Crippen MR) is 106 cm³/mol. The largest absolute Gasteiger partial charge is 0.497 e. The van der Waals surface area contributed by atoms with Crippen LogP contribution in [-0.2, 0) is 4.79 Å². The molecule has 2 aromatic rings. The van der Waals surface area contributed by atoms with Gasteiger partial charge in [-0.3, -0.25) is 9.69 Å². The Morgan fingerprint density at radius 3 is 2.54 bits per heavy atom. The van der Waals surface area contributed by atoms with E-state index in [1.165, 1.54) is 0 Å². The molecule has 142 valence electrons. The Balaban J connectivity index is 1.78. The molecular weight excluding hydrogens is 348 g/mol. The monoisotopic (exact) mass is 376 g/mol. The summed E-state index contributed by atoms with van der Waals surface area (Å²) in [5.74, 6) is 2.54. The second kappa shape index (κ2) is 10.9. The minimum absolute atomic E-state index is 0.0646. The Bertz CT molecular complexity index is 640. The average molecular weight is 377 g/mol. The van der Waals surface area contributed by atoms with Crippen molar-refractivity contribution < 1.29 is 13.9 Å². The zero-order valence-corrected chi connectivity index (χ0v) is 16.6. The third-order valence-electron chi connectivity index (χ3n) is 4.27. The zero-order chi connectivity index (χ0) is 18.8. The number of carbonyl (C=O) groups excluding carboxylic acids is 1. The number of amides is 1. The molecule has 0 saturated carbocycles. The number of nitrogens with one attached hydrogen (secondary N) is 1. The molecule has 0 radical (unpaired) electrons. The van der Waals surface area contributed by atoms with E-state index in [4.69, 9.17) is 9.15 Å². The SMILES string of the molecule is CCN(CC)C(CNC(=O)CCSc1ccc(OC)cc1)c1ccco1. The molecule has 0 bridgehead atoms. The van der Waals surface area contributed by atoms with Crippen molar-refractivity contribution in [1.29, 1.82) is 0 Å². The highest BCUT2D eigenvalue weighted by molar-refractivity contribution is 7.99. The van der Waals surface area contributed by atoms with E-state index in [9.17, 15) is 4.79 Å². The van der Waals surface area contributed by atoms with Crippen molar-refractivity contribution in [2.75, 3.05) is 32.5 Å². The van der Waals surface area contributed by atoms with Gasteiger partial charge in [0, 0.05) is 23.6 Å². The van der Waals surface area contributed by atoms with Crippen LogP contribution in [0.4, 0.5) is 0 Å². The van der Waals surface area contributed by atoms with Crippen LogP contribution in [0.15, 0.2) is 52.0 Å². The first-order valence-electron chi connectivity index (χ1n) is 8.98. The van der Waals surface area contributed by atoms with Crippen LogP contribution in [0.2, 0.25) is 0 Å². The number of rotatable bonds is 11. The van der Waals surface area contributed by atoms with Gasteiger partial charge in [0.25, 0.3) is 0 Å². The lowest BCUT2D eigenvalue weighted by atomic mass is 10.2. The van der Waals surface area contributed by atoms with E-state index >= 15 is 0 Å². The van der Waals surface area contributed by atoms with Crippen molar-refractivity contribution >= 4 is 17.7 Å². The maximum absolute atomic E-state index is 12.2. The van der Waals surface area contributed by atoms with Crippen molar-refractivity contribution in [2.45, 2.75) is 31.2 Å². The fourth-order valence-electron chi connectivity index (χ4n) is 2.79. The summed E-state index contributed by atoms with van der Waals surface area (Å²) in [7, 11) is 1.65. The molecule has 0 saturated heterocycles. The van der Waals surface area contributed by atoms with Gasteiger partial charge in [-0.15, -0.1) is 11.8 Å². The molecule has 0 aliphatic heterocycles. The number of nitrogens with zero attached hydrogens (tertiary/aromatic N) is 1. The average Bonchev–Trinajstić information content (AvgIpc) is 3.20. The van der Waals surface area contributed by atoms with Crippen molar-refractivity contribution in [3.05, 3.63) is 48.4 Å². The summed E-state index contributed by atoms with van der Waals surface area (Å²) >= 11 is 1.67. The highest BCUT2D eigenvalue weighted by Crippen LogP contribution is 2.22. The Labute approximate surface area is 160 Å². The Kier molecular flexibility index (Phi) is 8.58. The lowest BCUT2D eigenvalue weighted by Crippen LogP contribution is -2.38. The number of benzene rings is 1. The second-order valence-electron chi connectivity index (χ2n) is 5.83. The highest BCUT2D eigenvalue weighted by atomic mass is 32.2. The molecular formula is C20H28N2O3S. The molecule has 1 heterocycles. The second-order valence-corrected chi connectivity index (χ2v) is 7.00. The number of methoxy groups -OCH3 is 1. The molecule has 0 aliphatic carbocycles. The van der Waals surface area contributed by atoms with Crippen molar-refractivity contribution in [3.8, 4) is 5.75 Å². The first kappa shape index (κ1) is 20.4. The van der Waals surface area contributed by atoms with Crippen LogP contribution in [-0.4, -0.2) is 43.3 Å². The van der Waals surface area contributed by atoms with E-state index in [1.54, 1.807) is 25.1 Å². The normalized spacial score (nSPS) is 12.2. The van der Waals surface area contributed by atoms with E-state index in [0.717, 1.165) is 35.2 Å².